The van der Waals surface area contributed by atoms with Gasteiger partial charge in [0.2, 0.25) is 0 Å². The Morgan fingerprint density at radius 3 is 2.50 bits per heavy atom. The van der Waals surface area contributed by atoms with Gasteiger partial charge in [-0.15, -0.1) is 0 Å². The average molecular weight is 378 g/mol. The molecule has 2 aromatic rings. The Hall–Kier alpha value is -2.47. The van der Waals surface area contributed by atoms with Crippen LogP contribution in [0.25, 0.3) is 0 Å². The van der Waals surface area contributed by atoms with Crippen LogP contribution < -0.4 is 20.1 Å². The number of aromatic nitrogens is 1. The molecule has 140 valence electrons. The fraction of sp³-hybridized carbons (Fsp3) is 0.368. The number of hydrogen-bond acceptors (Lipinski definition) is 5. The zero-order valence-electron chi connectivity index (χ0n) is 15.4. The summed E-state index contributed by atoms with van der Waals surface area (Å²) in [5.74, 6) is 2.08. The van der Waals surface area contributed by atoms with E-state index in [0.717, 1.165) is 6.42 Å². The van der Waals surface area contributed by atoms with Crippen molar-refractivity contribution in [3.63, 3.8) is 0 Å². The number of methoxy groups -OCH3 is 2. The van der Waals surface area contributed by atoms with E-state index in [1.807, 2.05) is 0 Å². The number of halogens is 1. The molecule has 1 heterocycles. The number of carbonyl (C=O) groups excluding carboxylic acids is 1. The van der Waals surface area contributed by atoms with Crippen LogP contribution in [0.2, 0.25) is 5.02 Å². The van der Waals surface area contributed by atoms with Crippen molar-refractivity contribution in [2.24, 2.45) is 5.92 Å². The van der Waals surface area contributed by atoms with E-state index >= 15 is 0 Å². The fourth-order valence-corrected chi connectivity index (χ4v) is 2.51. The lowest BCUT2D eigenvalue weighted by Gasteiger charge is -2.13. The molecule has 7 heteroatoms. The van der Waals surface area contributed by atoms with Crippen molar-refractivity contribution in [2.75, 3.05) is 26.1 Å². The largest absolute Gasteiger partial charge is 0.495 e. The zero-order chi connectivity index (χ0) is 19.1. The van der Waals surface area contributed by atoms with Crippen LogP contribution in [0, 0.1) is 5.92 Å². The summed E-state index contributed by atoms with van der Waals surface area (Å²) in [5, 5.41) is 6.49. The maximum absolute atomic E-state index is 12.1. The van der Waals surface area contributed by atoms with E-state index in [1.165, 1.54) is 6.20 Å². The molecule has 0 unspecified atom stereocenters. The van der Waals surface area contributed by atoms with Gasteiger partial charge in [-0.1, -0.05) is 25.4 Å². The first-order chi connectivity index (χ1) is 12.4. The van der Waals surface area contributed by atoms with Crippen LogP contribution in [0.4, 0.5) is 11.5 Å². The third kappa shape index (κ3) is 5.26. The molecule has 0 atom stereocenters. The zero-order valence-corrected chi connectivity index (χ0v) is 16.2. The van der Waals surface area contributed by atoms with E-state index in [0.29, 0.717) is 46.1 Å². The van der Waals surface area contributed by atoms with Crippen molar-refractivity contribution in [1.82, 2.24) is 10.3 Å². The number of hydrogen-bond donors (Lipinski definition) is 2. The molecule has 1 aromatic carbocycles. The summed E-state index contributed by atoms with van der Waals surface area (Å²) in [7, 11) is 3.10. The number of pyridine rings is 1. The molecule has 2 rings (SSSR count). The van der Waals surface area contributed by atoms with E-state index in [9.17, 15) is 4.79 Å². The first-order valence-corrected chi connectivity index (χ1v) is 8.75. The Labute approximate surface area is 158 Å². The van der Waals surface area contributed by atoms with Crippen LogP contribution in [-0.2, 0) is 0 Å². The van der Waals surface area contributed by atoms with Gasteiger partial charge in [0, 0.05) is 24.9 Å². The molecule has 0 aliphatic heterocycles. The Balaban J connectivity index is 2.08. The second-order valence-corrected chi connectivity index (χ2v) is 6.59. The van der Waals surface area contributed by atoms with E-state index in [1.54, 1.807) is 38.5 Å². The van der Waals surface area contributed by atoms with E-state index in [-0.39, 0.29) is 5.91 Å². The number of nitrogens with one attached hydrogen (secondary N) is 2. The van der Waals surface area contributed by atoms with Crippen molar-refractivity contribution in [3.05, 3.63) is 41.0 Å². The van der Waals surface area contributed by atoms with Crippen LogP contribution >= 0.6 is 11.6 Å². The summed E-state index contributed by atoms with van der Waals surface area (Å²) in [4.78, 5) is 16.4. The lowest BCUT2D eigenvalue weighted by atomic mass is 10.1. The minimum Gasteiger partial charge on any atom is -0.495 e. The highest BCUT2D eigenvalue weighted by Crippen LogP contribution is 2.37. The smallest absolute Gasteiger partial charge is 0.252 e. The second-order valence-electron chi connectivity index (χ2n) is 6.18. The minimum absolute atomic E-state index is 0.129. The van der Waals surface area contributed by atoms with Crippen molar-refractivity contribution in [3.8, 4) is 11.5 Å². The third-order valence-corrected chi connectivity index (χ3v) is 4.06. The van der Waals surface area contributed by atoms with Crippen LogP contribution in [0.5, 0.6) is 11.5 Å². The predicted molar refractivity (Wildman–Crippen MR) is 104 cm³/mol. The van der Waals surface area contributed by atoms with Crippen molar-refractivity contribution in [2.45, 2.75) is 20.3 Å². The van der Waals surface area contributed by atoms with Crippen LogP contribution in [0.3, 0.4) is 0 Å². The number of ether oxygens (including phenoxy) is 2. The number of nitrogens with zero attached hydrogens (tertiary/aromatic N) is 1. The Bertz CT molecular complexity index is 748. The molecule has 0 saturated carbocycles. The molecule has 0 radical (unpaired) electrons. The molecule has 26 heavy (non-hydrogen) atoms. The van der Waals surface area contributed by atoms with Crippen molar-refractivity contribution < 1.29 is 14.3 Å². The first-order valence-electron chi connectivity index (χ1n) is 8.37. The van der Waals surface area contributed by atoms with Gasteiger partial charge in [0.05, 0.1) is 30.5 Å². The second kappa shape index (κ2) is 9.29. The molecule has 1 amide bonds. The van der Waals surface area contributed by atoms with Gasteiger partial charge in [0.15, 0.2) is 0 Å². The van der Waals surface area contributed by atoms with E-state index in [4.69, 9.17) is 21.1 Å². The van der Waals surface area contributed by atoms with Gasteiger partial charge >= 0.3 is 0 Å². The molecule has 0 aliphatic rings. The fourth-order valence-electron chi connectivity index (χ4n) is 2.27. The minimum atomic E-state index is -0.129. The topological polar surface area (TPSA) is 72.5 Å². The molecular weight excluding hydrogens is 354 g/mol. The third-order valence-electron chi connectivity index (χ3n) is 3.77. The van der Waals surface area contributed by atoms with Crippen LogP contribution in [0.15, 0.2) is 30.5 Å². The monoisotopic (exact) mass is 377 g/mol. The van der Waals surface area contributed by atoms with Gasteiger partial charge in [-0.05, 0) is 24.5 Å². The number of carbonyl (C=O) groups is 1. The number of anilines is 2. The average Bonchev–Trinajstić information content (AvgIpc) is 2.63. The standard InChI is InChI=1S/C19H24ClN3O3/c1-12(2)7-8-21-19(24)13-5-6-18(22-11-13)23-15-10-16(25-3)14(20)9-17(15)26-4/h5-6,9-12H,7-8H2,1-4H3,(H,21,24)(H,22,23). The van der Waals surface area contributed by atoms with E-state index in [2.05, 4.69) is 29.5 Å². The van der Waals surface area contributed by atoms with E-state index < -0.39 is 0 Å². The highest BCUT2D eigenvalue weighted by molar-refractivity contribution is 6.32. The highest BCUT2D eigenvalue weighted by Gasteiger charge is 2.11. The predicted octanol–water partition coefficient (Wildman–Crippen LogP) is 4.27. The summed E-state index contributed by atoms with van der Waals surface area (Å²) >= 11 is 6.11. The lowest BCUT2D eigenvalue weighted by Crippen LogP contribution is -2.25. The molecule has 0 bridgehead atoms. The van der Waals surface area contributed by atoms with Crippen LogP contribution in [0.1, 0.15) is 30.6 Å². The maximum Gasteiger partial charge on any atom is 0.252 e. The number of benzene rings is 1. The Morgan fingerprint density at radius 1 is 1.19 bits per heavy atom. The molecule has 0 spiro atoms. The molecule has 0 aliphatic carbocycles. The summed E-state index contributed by atoms with van der Waals surface area (Å²) in [6.45, 7) is 4.89. The summed E-state index contributed by atoms with van der Waals surface area (Å²) in [6.07, 6.45) is 2.48. The SMILES string of the molecule is COc1cc(Nc2ccc(C(=O)NCCC(C)C)cn2)c(OC)cc1Cl. The Morgan fingerprint density at radius 2 is 1.92 bits per heavy atom. The first kappa shape index (κ1) is 19.8. The van der Waals surface area contributed by atoms with Gasteiger partial charge in [0.25, 0.3) is 5.91 Å². The van der Waals surface area contributed by atoms with Gasteiger partial charge < -0.3 is 20.1 Å². The molecule has 1 aromatic heterocycles. The Kier molecular flexibility index (Phi) is 7.09. The van der Waals surface area contributed by atoms with Crippen LogP contribution in [-0.4, -0.2) is 31.7 Å². The highest BCUT2D eigenvalue weighted by atomic mass is 35.5. The summed E-state index contributed by atoms with van der Waals surface area (Å²) in [5.41, 5.74) is 1.18. The maximum atomic E-state index is 12.1. The molecule has 2 N–H and O–H groups in total. The summed E-state index contributed by atoms with van der Waals surface area (Å²) < 4.78 is 10.6. The quantitative estimate of drug-likeness (QED) is 0.718. The van der Waals surface area contributed by atoms with Crippen molar-refractivity contribution in [1.29, 1.82) is 0 Å². The van der Waals surface area contributed by atoms with Gasteiger partial charge in [0.1, 0.15) is 17.3 Å². The van der Waals surface area contributed by atoms with Crippen molar-refractivity contribution >= 4 is 29.0 Å². The number of rotatable bonds is 8. The van der Waals surface area contributed by atoms with Gasteiger partial charge in [-0.2, -0.15) is 0 Å². The lowest BCUT2D eigenvalue weighted by molar-refractivity contribution is 0.0951. The molecule has 0 saturated heterocycles. The number of amides is 1. The van der Waals surface area contributed by atoms with Gasteiger partial charge in [-0.3, -0.25) is 4.79 Å². The normalized spacial score (nSPS) is 10.5. The molecular formula is C19H24ClN3O3. The molecule has 6 nitrogen and oxygen atoms in total. The summed E-state index contributed by atoms with van der Waals surface area (Å²) in [6, 6.07) is 6.85. The van der Waals surface area contributed by atoms with Gasteiger partial charge in [-0.25, -0.2) is 4.98 Å². The molecule has 0 fully saturated rings.